The van der Waals surface area contributed by atoms with Crippen LogP contribution in [-0.2, 0) is 14.3 Å². The molecule has 1 atom stereocenters. The molecule has 0 aromatic heterocycles. The number of rotatable bonds is 6. The minimum Gasteiger partial charge on any atom is -0.491 e. The van der Waals surface area contributed by atoms with E-state index < -0.39 is 0 Å². The molecule has 2 fully saturated rings. The summed E-state index contributed by atoms with van der Waals surface area (Å²) >= 11 is 0. The third-order valence-electron chi connectivity index (χ3n) is 5.27. The van der Waals surface area contributed by atoms with Crippen LogP contribution in [0.15, 0.2) is 24.3 Å². The largest absolute Gasteiger partial charge is 0.491 e. The summed E-state index contributed by atoms with van der Waals surface area (Å²) in [4.78, 5) is 29.8. The molecule has 2 aliphatic heterocycles. The Bertz CT molecular complexity index is 675. The molecule has 1 aromatic rings. The number of nitrogens with zero attached hydrogens (tertiary/aromatic N) is 3. The van der Waals surface area contributed by atoms with E-state index in [2.05, 4.69) is 4.90 Å². The fraction of sp³-hybridized carbons (Fsp3) is 0.600. The summed E-state index contributed by atoms with van der Waals surface area (Å²) in [6, 6.07) is 6.01. The van der Waals surface area contributed by atoms with E-state index >= 15 is 0 Å². The maximum atomic E-state index is 13.0. The molecule has 2 saturated heterocycles. The standard InChI is InChI=1S/C20H28FN3O4/c1-22(2)19(25)12-23-9-7-16(8-10-23)24-11-18(28-14-20(24)26)13-27-17-5-3-15(21)4-6-17/h3-6,16,18H,7-14H2,1-2H3. The molecule has 0 N–H and O–H groups in total. The number of likely N-dealkylation sites (tertiary alicyclic amines) is 1. The van der Waals surface area contributed by atoms with Gasteiger partial charge in [-0.25, -0.2) is 4.39 Å². The smallest absolute Gasteiger partial charge is 0.248 e. The average Bonchev–Trinajstić information content (AvgIpc) is 2.69. The molecule has 0 saturated carbocycles. The number of benzene rings is 1. The first kappa shape index (κ1) is 20.5. The van der Waals surface area contributed by atoms with Gasteiger partial charge in [0, 0.05) is 33.2 Å². The Morgan fingerprint density at radius 1 is 1.25 bits per heavy atom. The van der Waals surface area contributed by atoms with Crippen molar-refractivity contribution < 1.29 is 23.5 Å². The van der Waals surface area contributed by atoms with E-state index in [4.69, 9.17) is 9.47 Å². The summed E-state index contributed by atoms with van der Waals surface area (Å²) in [5.74, 6) is 0.365. The summed E-state index contributed by atoms with van der Waals surface area (Å²) in [6.07, 6.45) is 1.48. The molecule has 8 heteroatoms. The maximum absolute atomic E-state index is 13.0. The normalized spacial score (nSPS) is 21.6. The van der Waals surface area contributed by atoms with E-state index in [-0.39, 0.29) is 36.4 Å². The van der Waals surface area contributed by atoms with E-state index in [0.29, 0.717) is 25.4 Å². The van der Waals surface area contributed by atoms with Crippen LogP contribution in [0.25, 0.3) is 0 Å². The Labute approximate surface area is 165 Å². The molecule has 2 aliphatic rings. The summed E-state index contributed by atoms with van der Waals surface area (Å²) in [5.41, 5.74) is 0. The lowest BCUT2D eigenvalue weighted by Crippen LogP contribution is -2.55. The number of ether oxygens (including phenoxy) is 2. The van der Waals surface area contributed by atoms with Crippen LogP contribution in [-0.4, -0.2) is 92.1 Å². The number of carbonyl (C=O) groups excluding carboxylic acids is 2. The molecular weight excluding hydrogens is 365 g/mol. The summed E-state index contributed by atoms with van der Waals surface area (Å²) in [5, 5.41) is 0. The number of carbonyl (C=O) groups is 2. The van der Waals surface area contributed by atoms with Crippen LogP contribution in [0.5, 0.6) is 5.75 Å². The molecule has 154 valence electrons. The summed E-state index contributed by atoms with van der Waals surface area (Å²) < 4.78 is 24.3. The van der Waals surface area contributed by atoms with Gasteiger partial charge in [0.1, 0.15) is 30.9 Å². The second-order valence-corrected chi connectivity index (χ2v) is 7.54. The molecule has 0 aliphatic carbocycles. The minimum absolute atomic E-state index is 0.000787. The fourth-order valence-electron chi connectivity index (χ4n) is 3.54. The van der Waals surface area contributed by atoms with Crippen LogP contribution >= 0.6 is 0 Å². The lowest BCUT2D eigenvalue weighted by atomic mass is 10.0. The van der Waals surface area contributed by atoms with Gasteiger partial charge in [0.15, 0.2) is 0 Å². The molecule has 0 spiro atoms. The van der Waals surface area contributed by atoms with Gasteiger partial charge in [-0.15, -0.1) is 0 Å². The average molecular weight is 393 g/mol. The van der Waals surface area contributed by atoms with Gasteiger partial charge in [-0.05, 0) is 37.1 Å². The Balaban J connectivity index is 1.47. The molecule has 0 bridgehead atoms. The molecule has 1 unspecified atom stereocenters. The first-order chi connectivity index (χ1) is 13.4. The Morgan fingerprint density at radius 3 is 2.57 bits per heavy atom. The van der Waals surface area contributed by atoms with E-state index in [9.17, 15) is 14.0 Å². The fourth-order valence-corrected chi connectivity index (χ4v) is 3.54. The first-order valence-electron chi connectivity index (χ1n) is 9.64. The van der Waals surface area contributed by atoms with Crippen molar-refractivity contribution in [3.8, 4) is 5.75 Å². The number of morpholine rings is 1. The zero-order chi connectivity index (χ0) is 20.1. The van der Waals surface area contributed by atoms with E-state index in [1.54, 1.807) is 31.1 Å². The van der Waals surface area contributed by atoms with Crippen LogP contribution in [0.3, 0.4) is 0 Å². The van der Waals surface area contributed by atoms with Gasteiger partial charge in [-0.1, -0.05) is 0 Å². The van der Waals surface area contributed by atoms with E-state index in [1.807, 2.05) is 4.90 Å². The molecule has 3 rings (SSSR count). The number of halogens is 1. The van der Waals surface area contributed by atoms with Crippen molar-refractivity contribution in [2.75, 3.05) is 53.5 Å². The van der Waals surface area contributed by atoms with Crippen LogP contribution in [0.1, 0.15) is 12.8 Å². The quantitative estimate of drug-likeness (QED) is 0.721. The summed E-state index contributed by atoms with van der Waals surface area (Å²) in [7, 11) is 3.52. The van der Waals surface area contributed by atoms with Crippen molar-refractivity contribution in [3.05, 3.63) is 30.1 Å². The van der Waals surface area contributed by atoms with E-state index in [1.165, 1.54) is 12.1 Å². The van der Waals surface area contributed by atoms with Crippen molar-refractivity contribution in [1.29, 1.82) is 0 Å². The molecular formula is C20H28FN3O4. The van der Waals surface area contributed by atoms with Gasteiger partial charge in [0.25, 0.3) is 0 Å². The maximum Gasteiger partial charge on any atom is 0.248 e. The highest BCUT2D eigenvalue weighted by Gasteiger charge is 2.34. The van der Waals surface area contributed by atoms with Crippen molar-refractivity contribution in [3.63, 3.8) is 0 Å². The van der Waals surface area contributed by atoms with Crippen molar-refractivity contribution in [2.45, 2.75) is 25.0 Å². The highest BCUT2D eigenvalue weighted by Crippen LogP contribution is 2.21. The number of piperidine rings is 1. The van der Waals surface area contributed by atoms with Gasteiger partial charge in [-0.2, -0.15) is 0 Å². The second-order valence-electron chi connectivity index (χ2n) is 7.54. The van der Waals surface area contributed by atoms with Crippen LogP contribution in [0.4, 0.5) is 4.39 Å². The topological polar surface area (TPSA) is 62.3 Å². The van der Waals surface area contributed by atoms with Crippen LogP contribution < -0.4 is 4.74 Å². The zero-order valence-electron chi connectivity index (χ0n) is 16.5. The van der Waals surface area contributed by atoms with Gasteiger partial charge in [0.05, 0.1) is 13.1 Å². The Morgan fingerprint density at radius 2 is 1.93 bits per heavy atom. The van der Waals surface area contributed by atoms with Crippen LogP contribution in [0.2, 0.25) is 0 Å². The van der Waals surface area contributed by atoms with Gasteiger partial charge >= 0.3 is 0 Å². The van der Waals surface area contributed by atoms with Crippen molar-refractivity contribution in [2.24, 2.45) is 0 Å². The van der Waals surface area contributed by atoms with Crippen molar-refractivity contribution in [1.82, 2.24) is 14.7 Å². The third kappa shape index (κ3) is 5.42. The highest BCUT2D eigenvalue weighted by molar-refractivity contribution is 5.78. The monoisotopic (exact) mass is 393 g/mol. The number of likely N-dealkylation sites (N-methyl/N-ethyl adjacent to an activating group) is 1. The summed E-state index contributed by atoms with van der Waals surface area (Å²) in [6.45, 7) is 2.87. The predicted molar refractivity (Wildman–Crippen MR) is 102 cm³/mol. The Kier molecular flexibility index (Phi) is 6.85. The second kappa shape index (κ2) is 9.34. The Hall–Kier alpha value is -2.19. The lowest BCUT2D eigenvalue weighted by Gasteiger charge is -2.42. The molecule has 28 heavy (non-hydrogen) atoms. The number of amides is 2. The van der Waals surface area contributed by atoms with Crippen molar-refractivity contribution >= 4 is 11.8 Å². The zero-order valence-corrected chi connectivity index (χ0v) is 16.5. The van der Waals surface area contributed by atoms with Gasteiger partial charge in [-0.3, -0.25) is 14.5 Å². The molecule has 2 amide bonds. The SMILES string of the molecule is CN(C)C(=O)CN1CCC(N2CC(COc3ccc(F)cc3)OCC2=O)CC1. The highest BCUT2D eigenvalue weighted by atomic mass is 19.1. The predicted octanol–water partition coefficient (Wildman–Crippen LogP) is 0.985. The first-order valence-corrected chi connectivity index (χ1v) is 9.64. The third-order valence-corrected chi connectivity index (χ3v) is 5.27. The van der Waals surface area contributed by atoms with Gasteiger partial charge < -0.3 is 19.3 Å². The van der Waals surface area contributed by atoms with Gasteiger partial charge in [0.2, 0.25) is 11.8 Å². The molecule has 0 radical (unpaired) electrons. The molecule has 1 aromatic carbocycles. The minimum atomic E-state index is -0.309. The number of hydrogen-bond donors (Lipinski definition) is 0. The van der Waals surface area contributed by atoms with E-state index in [0.717, 1.165) is 25.9 Å². The number of hydrogen-bond acceptors (Lipinski definition) is 5. The molecule has 2 heterocycles. The lowest BCUT2D eigenvalue weighted by molar-refractivity contribution is -0.155. The molecule has 7 nitrogen and oxygen atoms in total. The van der Waals surface area contributed by atoms with Crippen LogP contribution in [0, 0.1) is 5.82 Å².